The Labute approximate surface area is 124 Å². The van der Waals surface area contributed by atoms with Crippen LogP contribution in [0.3, 0.4) is 0 Å². The van der Waals surface area contributed by atoms with Crippen LogP contribution in [0.15, 0.2) is 0 Å². The SMILES string of the molecule is CCCNC(C)C1CCN(CC(=O)NCC(F)(F)F)CC1. The van der Waals surface area contributed by atoms with Gasteiger partial charge in [0.05, 0.1) is 6.54 Å². The van der Waals surface area contributed by atoms with E-state index < -0.39 is 18.6 Å². The second kappa shape index (κ2) is 8.58. The van der Waals surface area contributed by atoms with Gasteiger partial charge in [-0.1, -0.05) is 6.92 Å². The smallest absolute Gasteiger partial charge is 0.346 e. The van der Waals surface area contributed by atoms with Crippen molar-refractivity contribution in [2.24, 2.45) is 5.92 Å². The number of halogens is 3. The summed E-state index contributed by atoms with van der Waals surface area (Å²) >= 11 is 0. The topological polar surface area (TPSA) is 44.4 Å². The Balaban J connectivity index is 2.22. The number of rotatable bonds is 7. The lowest BCUT2D eigenvalue weighted by molar-refractivity contribution is -0.139. The van der Waals surface area contributed by atoms with E-state index in [1.165, 1.54) is 0 Å². The van der Waals surface area contributed by atoms with E-state index in [1.807, 2.05) is 10.2 Å². The number of alkyl halides is 3. The van der Waals surface area contributed by atoms with Gasteiger partial charge in [0.15, 0.2) is 0 Å². The molecule has 0 aromatic rings. The Bertz CT molecular complexity index is 315. The minimum atomic E-state index is -4.34. The van der Waals surface area contributed by atoms with Crippen molar-refractivity contribution >= 4 is 5.91 Å². The second-order valence-corrected chi connectivity index (χ2v) is 5.75. The number of hydrogen-bond acceptors (Lipinski definition) is 3. The third-order valence-corrected chi connectivity index (χ3v) is 3.91. The summed E-state index contributed by atoms with van der Waals surface area (Å²) in [5.41, 5.74) is 0. The molecule has 1 rings (SSSR count). The highest BCUT2D eigenvalue weighted by atomic mass is 19.4. The highest BCUT2D eigenvalue weighted by molar-refractivity contribution is 5.78. The third kappa shape index (κ3) is 7.66. The number of piperidine rings is 1. The number of hydrogen-bond donors (Lipinski definition) is 2. The molecular weight excluding hydrogens is 283 g/mol. The largest absolute Gasteiger partial charge is 0.405 e. The van der Waals surface area contributed by atoms with E-state index >= 15 is 0 Å². The molecule has 0 aromatic heterocycles. The molecule has 0 aliphatic carbocycles. The van der Waals surface area contributed by atoms with Gasteiger partial charge in [0.2, 0.25) is 5.91 Å². The lowest BCUT2D eigenvalue weighted by Gasteiger charge is -2.34. The first-order chi connectivity index (χ1) is 9.81. The molecular formula is C14H26F3N3O. The minimum absolute atomic E-state index is 0.0551. The first kappa shape index (κ1) is 18.2. The standard InChI is InChI=1S/C14H26F3N3O/c1-3-6-18-11(2)12-4-7-20(8-5-12)9-13(21)19-10-14(15,16)17/h11-12,18H,3-10H2,1-2H3,(H,19,21). The molecule has 1 aliphatic heterocycles. The number of carbonyl (C=O) groups is 1. The fourth-order valence-electron chi connectivity index (χ4n) is 2.61. The van der Waals surface area contributed by atoms with Crippen molar-refractivity contribution in [3.63, 3.8) is 0 Å². The molecule has 0 aromatic carbocycles. The maximum absolute atomic E-state index is 12.0. The summed E-state index contributed by atoms with van der Waals surface area (Å²) in [6.45, 7) is 5.64. The van der Waals surface area contributed by atoms with E-state index in [2.05, 4.69) is 19.2 Å². The Hall–Kier alpha value is -0.820. The van der Waals surface area contributed by atoms with Crippen LogP contribution in [0.4, 0.5) is 13.2 Å². The maximum atomic E-state index is 12.0. The molecule has 0 saturated carbocycles. The van der Waals surface area contributed by atoms with Crippen LogP contribution in [0.1, 0.15) is 33.1 Å². The molecule has 0 radical (unpaired) electrons. The molecule has 1 saturated heterocycles. The van der Waals surface area contributed by atoms with Crippen LogP contribution in [0, 0.1) is 5.92 Å². The zero-order chi connectivity index (χ0) is 15.9. The normalized spacial score (nSPS) is 19.5. The quantitative estimate of drug-likeness (QED) is 0.753. The van der Waals surface area contributed by atoms with Crippen molar-refractivity contribution in [3.8, 4) is 0 Å². The Morgan fingerprint density at radius 2 is 1.95 bits per heavy atom. The van der Waals surface area contributed by atoms with E-state index in [0.717, 1.165) is 38.9 Å². The predicted molar refractivity (Wildman–Crippen MR) is 76.0 cm³/mol. The van der Waals surface area contributed by atoms with Crippen molar-refractivity contribution < 1.29 is 18.0 Å². The predicted octanol–water partition coefficient (Wildman–Crippen LogP) is 1.76. The zero-order valence-corrected chi connectivity index (χ0v) is 12.8. The van der Waals surface area contributed by atoms with Crippen LogP contribution < -0.4 is 10.6 Å². The van der Waals surface area contributed by atoms with E-state index in [9.17, 15) is 18.0 Å². The highest BCUT2D eigenvalue weighted by Gasteiger charge is 2.29. The molecule has 1 aliphatic rings. The lowest BCUT2D eigenvalue weighted by atomic mass is 9.90. The zero-order valence-electron chi connectivity index (χ0n) is 12.8. The van der Waals surface area contributed by atoms with Crippen molar-refractivity contribution in [2.45, 2.75) is 45.3 Å². The molecule has 0 spiro atoms. The molecule has 1 heterocycles. The summed E-state index contributed by atoms with van der Waals surface area (Å²) in [6.07, 6.45) is -1.29. The van der Waals surface area contributed by atoms with E-state index in [1.54, 1.807) is 0 Å². The van der Waals surface area contributed by atoms with Crippen molar-refractivity contribution in [2.75, 3.05) is 32.7 Å². The van der Waals surface area contributed by atoms with Gasteiger partial charge in [0, 0.05) is 6.04 Å². The molecule has 4 nitrogen and oxygen atoms in total. The average molecular weight is 309 g/mol. The van der Waals surface area contributed by atoms with Crippen molar-refractivity contribution in [1.29, 1.82) is 0 Å². The third-order valence-electron chi connectivity index (χ3n) is 3.91. The van der Waals surface area contributed by atoms with Gasteiger partial charge < -0.3 is 10.6 Å². The number of nitrogens with zero attached hydrogens (tertiary/aromatic N) is 1. The first-order valence-corrected chi connectivity index (χ1v) is 7.61. The van der Waals surface area contributed by atoms with Crippen LogP contribution in [0.5, 0.6) is 0 Å². The average Bonchev–Trinajstić information content (AvgIpc) is 2.42. The number of nitrogens with one attached hydrogen (secondary N) is 2. The number of likely N-dealkylation sites (tertiary alicyclic amines) is 1. The van der Waals surface area contributed by atoms with Gasteiger partial charge in [0.1, 0.15) is 6.54 Å². The Kier molecular flexibility index (Phi) is 7.45. The minimum Gasteiger partial charge on any atom is -0.346 e. The molecule has 2 N–H and O–H groups in total. The fraction of sp³-hybridized carbons (Fsp3) is 0.929. The number of amides is 1. The summed E-state index contributed by atoms with van der Waals surface area (Å²) in [4.78, 5) is 13.4. The molecule has 21 heavy (non-hydrogen) atoms. The fourth-order valence-corrected chi connectivity index (χ4v) is 2.61. The summed E-state index contributed by atoms with van der Waals surface area (Å²) < 4.78 is 36.0. The molecule has 7 heteroatoms. The van der Waals surface area contributed by atoms with E-state index in [-0.39, 0.29) is 6.54 Å². The van der Waals surface area contributed by atoms with Crippen LogP contribution >= 0.6 is 0 Å². The Morgan fingerprint density at radius 3 is 2.48 bits per heavy atom. The lowest BCUT2D eigenvalue weighted by Crippen LogP contribution is -2.46. The van der Waals surface area contributed by atoms with Gasteiger partial charge in [-0.25, -0.2) is 0 Å². The van der Waals surface area contributed by atoms with E-state index in [4.69, 9.17) is 0 Å². The van der Waals surface area contributed by atoms with Crippen LogP contribution in [0.2, 0.25) is 0 Å². The monoisotopic (exact) mass is 309 g/mol. The molecule has 0 bridgehead atoms. The Morgan fingerprint density at radius 1 is 1.33 bits per heavy atom. The van der Waals surface area contributed by atoms with Gasteiger partial charge in [-0.2, -0.15) is 13.2 Å². The summed E-state index contributed by atoms with van der Waals surface area (Å²) in [5, 5.41) is 5.39. The molecule has 124 valence electrons. The molecule has 1 atom stereocenters. The van der Waals surface area contributed by atoms with E-state index in [0.29, 0.717) is 12.0 Å². The van der Waals surface area contributed by atoms with Gasteiger partial charge in [0.25, 0.3) is 0 Å². The van der Waals surface area contributed by atoms with Crippen LogP contribution in [-0.4, -0.2) is 55.7 Å². The molecule has 1 fully saturated rings. The maximum Gasteiger partial charge on any atom is 0.405 e. The summed E-state index contributed by atoms with van der Waals surface area (Å²) in [5.74, 6) is 0.0222. The van der Waals surface area contributed by atoms with Crippen molar-refractivity contribution in [1.82, 2.24) is 15.5 Å². The second-order valence-electron chi connectivity index (χ2n) is 5.75. The van der Waals surface area contributed by atoms with Gasteiger partial charge >= 0.3 is 6.18 Å². The van der Waals surface area contributed by atoms with Crippen molar-refractivity contribution in [3.05, 3.63) is 0 Å². The van der Waals surface area contributed by atoms with Gasteiger partial charge in [-0.15, -0.1) is 0 Å². The molecule has 1 amide bonds. The molecule has 1 unspecified atom stereocenters. The van der Waals surface area contributed by atoms with Gasteiger partial charge in [-0.05, 0) is 51.7 Å². The summed E-state index contributed by atoms with van der Waals surface area (Å²) in [7, 11) is 0. The summed E-state index contributed by atoms with van der Waals surface area (Å²) in [6, 6.07) is 0.450. The highest BCUT2D eigenvalue weighted by Crippen LogP contribution is 2.20. The number of carbonyl (C=O) groups excluding carboxylic acids is 1. The van der Waals surface area contributed by atoms with Gasteiger partial charge in [-0.3, -0.25) is 9.69 Å². The van der Waals surface area contributed by atoms with Crippen LogP contribution in [-0.2, 0) is 4.79 Å². The van der Waals surface area contributed by atoms with Crippen LogP contribution in [0.25, 0.3) is 0 Å². The first-order valence-electron chi connectivity index (χ1n) is 7.61.